The molecule has 3 aromatic rings. The van der Waals surface area contributed by atoms with Crippen molar-refractivity contribution in [3.05, 3.63) is 82.7 Å². The summed E-state index contributed by atoms with van der Waals surface area (Å²) in [5, 5.41) is 9.26. The van der Waals surface area contributed by atoms with Crippen LogP contribution in [0.3, 0.4) is 0 Å². The Labute approximate surface area is 166 Å². The number of alkyl halides is 3. The van der Waals surface area contributed by atoms with Crippen molar-refractivity contribution in [2.45, 2.75) is 25.7 Å². The first-order valence-electron chi connectivity index (χ1n) is 9.17. The third-order valence-corrected chi connectivity index (χ3v) is 5.02. The summed E-state index contributed by atoms with van der Waals surface area (Å²) >= 11 is 0. The zero-order valence-corrected chi connectivity index (χ0v) is 15.4. The summed E-state index contributed by atoms with van der Waals surface area (Å²) in [5.41, 5.74) is 3.45. The average molecular weight is 394 g/mol. The molecule has 0 saturated carbocycles. The van der Waals surface area contributed by atoms with E-state index >= 15 is 0 Å². The number of halogens is 3. The van der Waals surface area contributed by atoms with Gasteiger partial charge in [0.25, 0.3) is 0 Å². The molecule has 4 nitrogen and oxygen atoms in total. The molecule has 1 aliphatic heterocycles. The first kappa shape index (κ1) is 19.1. The lowest BCUT2D eigenvalue weighted by atomic mass is 10.0. The topological polar surface area (TPSA) is 52.8 Å². The minimum absolute atomic E-state index is 0.431. The molecule has 1 aromatic heterocycles. The van der Waals surface area contributed by atoms with Crippen molar-refractivity contribution in [3.8, 4) is 17.5 Å². The molecule has 4 rings (SSSR count). The maximum atomic E-state index is 12.7. The fraction of sp³-hybridized carbons (Fsp3) is 0.227. The normalized spacial score (nSPS) is 14.3. The van der Waals surface area contributed by atoms with Crippen molar-refractivity contribution < 1.29 is 13.2 Å². The van der Waals surface area contributed by atoms with Crippen LogP contribution in [0.4, 0.5) is 13.2 Å². The van der Waals surface area contributed by atoms with E-state index in [4.69, 9.17) is 0 Å². The van der Waals surface area contributed by atoms with Crippen molar-refractivity contribution >= 4 is 0 Å². The fourth-order valence-electron chi connectivity index (χ4n) is 3.47. The Kier molecular flexibility index (Phi) is 5.03. The highest BCUT2D eigenvalue weighted by Crippen LogP contribution is 2.30. The summed E-state index contributed by atoms with van der Waals surface area (Å²) in [4.78, 5) is 11.2. The highest BCUT2D eigenvalue weighted by molar-refractivity contribution is 5.56. The molecule has 0 aliphatic carbocycles. The monoisotopic (exact) mass is 394 g/mol. The number of aromatic nitrogens is 2. The minimum Gasteiger partial charge on any atom is -0.294 e. The van der Waals surface area contributed by atoms with Crippen LogP contribution in [0.1, 0.15) is 27.9 Å². The van der Waals surface area contributed by atoms with Crippen molar-refractivity contribution in [3.63, 3.8) is 0 Å². The molecule has 0 atom stereocenters. The van der Waals surface area contributed by atoms with Crippen LogP contribution in [0.15, 0.2) is 54.7 Å². The lowest BCUT2D eigenvalue weighted by Crippen LogP contribution is -2.31. The van der Waals surface area contributed by atoms with Gasteiger partial charge in [-0.15, -0.1) is 0 Å². The molecule has 0 saturated heterocycles. The van der Waals surface area contributed by atoms with E-state index in [0.29, 0.717) is 30.0 Å². The highest BCUT2D eigenvalue weighted by atomic mass is 19.4. The summed E-state index contributed by atoms with van der Waals surface area (Å²) < 4.78 is 38.2. The van der Waals surface area contributed by atoms with Gasteiger partial charge in [0, 0.05) is 43.4 Å². The maximum absolute atomic E-state index is 12.7. The molecule has 29 heavy (non-hydrogen) atoms. The predicted octanol–water partition coefficient (Wildman–Crippen LogP) is 4.59. The molecule has 7 heteroatoms. The maximum Gasteiger partial charge on any atom is 0.416 e. The van der Waals surface area contributed by atoms with Crippen LogP contribution in [-0.4, -0.2) is 21.4 Å². The van der Waals surface area contributed by atoms with Crippen LogP contribution in [0.2, 0.25) is 0 Å². The van der Waals surface area contributed by atoms with Crippen molar-refractivity contribution in [1.29, 1.82) is 5.26 Å². The van der Waals surface area contributed by atoms with Crippen LogP contribution in [-0.2, 0) is 25.7 Å². The second-order valence-corrected chi connectivity index (χ2v) is 6.97. The van der Waals surface area contributed by atoms with Crippen LogP contribution in [0.5, 0.6) is 0 Å². The SMILES string of the molecule is N#Cc1ccccc1CN1CCc2nc(-c3ccc(C(F)(F)F)cc3)ncc2C1. The summed E-state index contributed by atoms with van der Waals surface area (Å²) in [6.45, 7) is 2.13. The fourth-order valence-corrected chi connectivity index (χ4v) is 3.47. The molecule has 0 unspecified atom stereocenters. The molecule has 2 aromatic carbocycles. The van der Waals surface area contributed by atoms with E-state index in [1.807, 2.05) is 24.3 Å². The van der Waals surface area contributed by atoms with E-state index in [1.54, 1.807) is 6.20 Å². The van der Waals surface area contributed by atoms with E-state index in [1.165, 1.54) is 12.1 Å². The Morgan fingerprint density at radius 3 is 2.55 bits per heavy atom. The lowest BCUT2D eigenvalue weighted by molar-refractivity contribution is -0.137. The second kappa shape index (κ2) is 7.64. The number of fused-ring (bicyclic) bond motifs is 1. The van der Waals surface area contributed by atoms with Gasteiger partial charge < -0.3 is 0 Å². The molecule has 0 amide bonds. The third-order valence-electron chi connectivity index (χ3n) is 5.02. The quantitative estimate of drug-likeness (QED) is 0.652. The Morgan fingerprint density at radius 1 is 1.07 bits per heavy atom. The van der Waals surface area contributed by atoms with E-state index in [-0.39, 0.29) is 0 Å². The van der Waals surface area contributed by atoms with E-state index < -0.39 is 11.7 Å². The molecule has 1 aliphatic rings. The first-order valence-corrected chi connectivity index (χ1v) is 9.17. The highest BCUT2D eigenvalue weighted by Gasteiger charge is 2.30. The second-order valence-electron chi connectivity index (χ2n) is 6.97. The average Bonchev–Trinajstić information content (AvgIpc) is 2.73. The summed E-state index contributed by atoms with van der Waals surface area (Å²) in [6.07, 6.45) is -1.89. The van der Waals surface area contributed by atoms with Crippen LogP contribution >= 0.6 is 0 Å². The Morgan fingerprint density at radius 2 is 1.83 bits per heavy atom. The Hall–Kier alpha value is -3.24. The van der Waals surface area contributed by atoms with Gasteiger partial charge in [-0.1, -0.05) is 30.3 Å². The van der Waals surface area contributed by atoms with Gasteiger partial charge in [0.15, 0.2) is 5.82 Å². The summed E-state index contributed by atoms with van der Waals surface area (Å²) in [5.74, 6) is 0.431. The van der Waals surface area contributed by atoms with E-state index in [0.717, 1.165) is 41.9 Å². The first-order chi connectivity index (χ1) is 13.9. The predicted molar refractivity (Wildman–Crippen MR) is 101 cm³/mol. The van der Waals surface area contributed by atoms with Gasteiger partial charge in [-0.25, -0.2) is 9.97 Å². The number of hydrogen-bond donors (Lipinski definition) is 0. The van der Waals surface area contributed by atoms with Gasteiger partial charge in [0.1, 0.15) is 0 Å². The van der Waals surface area contributed by atoms with Crippen LogP contribution < -0.4 is 0 Å². The number of rotatable bonds is 3. The summed E-state index contributed by atoms with van der Waals surface area (Å²) in [6, 6.07) is 14.7. The van der Waals surface area contributed by atoms with Gasteiger partial charge in [-0.05, 0) is 23.8 Å². The molecular weight excluding hydrogens is 377 g/mol. The Bertz CT molecular complexity index is 1070. The number of benzene rings is 2. The molecule has 0 spiro atoms. The van der Waals surface area contributed by atoms with Gasteiger partial charge in [0.05, 0.1) is 22.9 Å². The van der Waals surface area contributed by atoms with Gasteiger partial charge in [-0.2, -0.15) is 18.4 Å². The molecular formula is C22H17F3N4. The lowest BCUT2D eigenvalue weighted by Gasteiger charge is -2.28. The Balaban J connectivity index is 1.51. The molecule has 146 valence electrons. The minimum atomic E-state index is -4.36. The zero-order valence-electron chi connectivity index (χ0n) is 15.4. The zero-order chi connectivity index (χ0) is 20.4. The van der Waals surface area contributed by atoms with E-state index in [2.05, 4.69) is 20.9 Å². The van der Waals surface area contributed by atoms with Gasteiger partial charge in [-0.3, -0.25) is 4.90 Å². The number of nitrogens with zero attached hydrogens (tertiary/aromatic N) is 4. The van der Waals surface area contributed by atoms with Crippen molar-refractivity contribution in [2.75, 3.05) is 6.54 Å². The van der Waals surface area contributed by atoms with Crippen molar-refractivity contribution in [2.24, 2.45) is 0 Å². The van der Waals surface area contributed by atoms with Crippen LogP contribution in [0, 0.1) is 11.3 Å². The molecule has 0 bridgehead atoms. The van der Waals surface area contributed by atoms with Gasteiger partial charge in [0.2, 0.25) is 0 Å². The number of hydrogen-bond acceptors (Lipinski definition) is 4. The molecule has 2 heterocycles. The third kappa shape index (κ3) is 4.13. The molecule has 0 radical (unpaired) electrons. The van der Waals surface area contributed by atoms with Gasteiger partial charge >= 0.3 is 6.18 Å². The summed E-state index contributed by atoms with van der Waals surface area (Å²) in [7, 11) is 0. The largest absolute Gasteiger partial charge is 0.416 e. The molecule has 0 fully saturated rings. The van der Waals surface area contributed by atoms with Crippen molar-refractivity contribution in [1.82, 2.24) is 14.9 Å². The molecule has 0 N–H and O–H groups in total. The number of nitriles is 1. The smallest absolute Gasteiger partial charge is 0.294 e. The van der Waals surface area contributed by atoms with Crippen LogP contribution in [0.25, 0.3) is 11.4 Å². The standard InChI is InChI=1S/C22H17F3N4/c23-22(24,25)19-7-5-15(6-8-19)21-27-12-18-14-29(10-9-20(18)28-21)13-17-4-2-1-3-16(17)11-26/h1-8,12H,9-10,13-14H2. The van der Waals surface area contributed by atoms with E-state index in [9.17, 15) is 18.4 Å².